The third kappa shape index (κ3) is 4.42. The van der Waals surface area contributed by atoms with Crippen LogP contribution in [0.4, 0.5) is 0 Å². The molecule has 1 aromatic carbocycles. The predicted octanol–water partition coefficient (Wildman–Crippen LogP) is 2.57. The number of carbonyl (C=O) groups excluding carboxylic acids is 2. The Labute approximate surface area is 153 Å². The summed E-state index contributed by atoms with van der Waals surface area (Å²) in [7, 11) is 0. The summed E-state index contributed by atoms with van der Waals surface area (Å²) in [6, 6.07) is 7.00. The van der Waals surface area contributed by atoms with Gasteiger partial charge in [0.05, 0.1) is 6.42 Å². The van der Waals surface area contributed by atoms with Gasteiger partial charge in [-0.1, -0.05) is 25.0 Å². The van der Waals surface area contributed by atoms with Crippen molar-refractivity contribution in [1.82, 2.24) is 10.2 Å². The minimum Gasteiger partial charge on any atom is -0.481 e. The number of carboxylic acid groups (broad SMARTS) is 1. The zero-order valence-corrected chi connectivity index (χ0v) is 14.9. The first-order valence-corrected chi connectivity index (χ1v) is 9.44. The Morgan fingerprint density at radius 3 is 2.38 bits per heavy atom. The van der Waals surface area contributed by atoms with Crippen molar-refractivity contribution >= 4 is 17.8 Å². The molecule has 1 atom stereocenters. The number of benzene rings is 1. The summed E-state index contributed by atoms with van der Waals surface area (Å²) in [4.78, 5) is 37.4. The average molecular weight is 358 g/mol. The summed E-state index contributed by atoms with van der Waals surface area (Å²) in [5.41, 5.74) is 1.52. The van der Waals surface area contributed by atoms with Crippen molar-refractivity contribution < 1.29 is 19.5 Å². The van der Waals surface area contributed by atoms with Crippen molar-refractivity contribution in [3.8, 4) is 0 Å². The van der Waals surface area contributed by atoms with Crippen LogP contribution < -0.4 is 5.32 Å². The molecular formula is C20H26N2O4. The Morgan fingerprint density at radius 1 is 1.04 bits per heavy atom. The molecule has 0 radical (unpaired) electrons. The molecule has 0 unspecified atom stereocenters. The molecule has 140 valence electrons. The minimum absolute atomic E-state index is 0.00295. The van der Waals surface area contributed by atoms with Crippen LogP contribution in [0, 0.1) is 5.92 Å². The molecule has 26 heavy (non-hydrogen) atoms. The Balaban J connectivity index is 1.55. The maximum Gasteiger partial charge on any atom is 0.305 e. The number of carbonyl (C=O) groups is 3. The first kappa shape index (κ1) is 18.4. The van der Waals surface area contributed by atoms with E-state index < -0.39 is 5.97 Å². The second kappa shape index (κ2) is 8.34. The van der Waals surface area contributed by atoms with Gasteiger partial charge in [0.2, 0.25) is 5.91 Å². The van der Waals surface area contributed by atoms with Gasteiger partial charge in [0.1, 0.15) is 0 Å². The highest BCUT2D eigenvalue weighted by atomic mass is 16.4. The Bertz CT molecular complexity index is 665. The van der Waals surface area contributed by atoms with Crippen molar-refractivity contribution in [3.05, 3.63) is 35.4 Å². The maximum atomic E-state index is 12.7. The summed E-state index contributed by atoms with van der Waals surface area (Å²) >= 11 is 0. The molecule has 0 aromatic heterocycles. The van der Waals surface area contributed by atoms with Crippen LogP contribution in [-0.4, -0.2) is 40.4 Å². The first-order chi connectivity index (χ1) is 12.5. The SMILES string of the molecule is O=C(O)C[C@@H]1CCCN1C(=O)c1ccc(CNC(=O)C2CCCC2)cc1. The summed E-state index contributed by atoms with van der Waals surface area (Å²) < 4.78 is 0. The molecule has 2 aliphatic rings. The molecule has 1 aliphatic heterocycles. The monoisotopic (exact) mass is 358 g/mol. The van der Waals surface area contributed by atoms with Crippen LogP contribution in [-0.2, 0) is 16.1 Å². The fourth-order valence-electron chi connectivity index (χ4n) is 3.97. The molecule has 0 spiro atoms. The minimum atomic E-state index is -0.872. The molecule has 6 heteroatoms. The van der Waals surface area contributed by atoms with E-state index in [1.165, 1.54) is 0 Å². The van der Waals surface area contributed by atoms with E-state index in [0.717, 1.165) is 44.1 Å². The average Bonchev–Trinajstić information content (AvgIpc) is 3.31. The lowest BCUT2D eigenvalue weighted by Gasteiger charge is -2.23. The van der Waals surface area contributed by atoms with Crippen molar-refractivity contribution in [2.75, 3.05) is 6.54 Å². The summed E-state index contributed by atoms with van der Waals surface area (Å²) in [6.45, 7) is 1.07. The fourth-order valence-corrected chi connectivity index (χ4v) is 3.97. The van der Waals surface area contributed by atoms with Gasteiger partial charge in [0.15, 0.2) is 0 Å². The number of likely N-dealkylation sites (tertiary alicyclic amines) is 1. The van der Waals surface area contributed by atoms with Crippen molar-refractivity contribution in [3.63, 3.8) is 0 Å². The van der Waals surface area contributed by atoms with E-state index in [0.29, 0.717) is 18.7 Å². The van der Waals surface area contributed by atoms with Gasteiger partial charge in [-0.15, -0.1) is 0 Å². The molecule has 2 amide bonds. The van der Waals surface area contributed by atoms with E-state index in [4.69, 9.17) is 5.11 Å². The van der Waals surface area contributed by atoms with Gasteiger partial charge in [-0.2, -0.15) is 0 Å². The van der Waals surface area contributed by atoms with Crippen molar-refractivity contribution in [1.29, 1.82) is 0 Å². The lowest BCUT2D eigenvalue weighted by Crippen LogP contribution is -2.36. The predicted molar refractivity (Wildman–Crippen MR) is 96.6 cm³/mol. The normalized spacial score (nSPS) is 20.3. The topological polar surface area (TPSA) is 86.7 Å². The van der Waals surface area contributed by atoms with Gasteiger partial charge >= 0.3 is 5.97 Å². The lowest BCUT2D eigenvalue weighted by atomic mass is 10.1. The van der Waals surface area contributed by atoms with E-state index in [-0.39, 0.29) is 30.2 Å². The van der Waals surface area contributed by atoms with Gasteiger partial charge < -0.3 is 15.3 Å². The van der Waals surface area contributed by atoms with Crippen LogP contribution in [0.5, 0.6) is 0 Å². The first-order valence-electron chi connectivity index (χ1n) is 9.44. The van der Waals surface area contributed by atoms with E-state index >= 15 is 0 Å². The number of hydrogen-bond donors (Lipinski definition) is 2. The molecule has 0 bridgehead atoms. The van der Waals surface area contributed by atoms with Gasteiger partial charge in [0.25, 0.3) is 5.91 Å². The molecular weight excluding hydrogens is 332 g/mol. The Morgan fingerprint density at radius 2 is 1.73 bits per heavy atom. The van der Waals surface area contributed by atoms with Gasteiger partial charge in [0, 0.05) is 30.6 Å². The van der Waals surface area contributed by atoms with Crippen LogP contribution in [0.15, 0.2) is 24.3 Å². The maximum absolute atomic E-state index is 12.7. The Hall–Kier alpha value is -2.37. The van der Waals surface area contributed by atoms with Crippen LogP contribution in [0.2, 0.25) is 0 Å². The summed E-state index contributed by atoms with van der Waals surface area (Å²) in [5, 5.41) is 12.0. The molecule has 2 N–H and O–H groups in total. The fraction of sp³-hybridized carbons (Fsp3) is 0.550. The molecule has 1 heterocycles. The molecule has 1 saturated heterocycles. The number of nitrogens with zero attached hydrogens (tertiary/aromatic N) is 1. The smallest absolute Gasteiger partial charge is 0.305 e. The highest BCUT2D eigenvalue weighted by Crippen LogP contribution is 2.25. The number of rotatable bonds is 6. The molecule has 1 saturated carbocycles. The summed E-state index contributed by atoms with van der Waals surface area (Å²) in [5.74, 6) is -0.716. The van der Waals surface area contributed by atoms with Gasteiger partial charge in [-0.3, -0.25) is 14.4 Å². The third-order valence-electron chi connectivity index (χ3n) is 5.44. The van der Waals surface area contributed by atoms with Crippen LogP contribution in [0.3, 0.4) is 0 Å². The van der Waals surface area contributed by atoms with Gasteiger partial charge in [-0.05, 0) is 43.4 Å². The van der Waals surface area contributed by atoms with Crippen LogP contribution >= 0.6 is 0 Å². The number of amides is 2. The highest BCUT2D eigenvalue weighted by molar-refractivity contribution is 5.95. The number of aliphatic carboxylic acids is 1. The zero-order valence-electron chi connectivity index (χ0n) is 14.9. The zero-order chi connectivity index (χ0) is 18.5. The molecule has 1 aromatic rings. The molecule has 1 aliphatic carbocycles. The number of nitrogens with one attached hydrogen (secondary N) is 1. The van der Waals surface area contributed by atoms with E-state index in [2.05, 4.69) is 5.32 Å². The molecule has 3 rings (SSSR count). The highest BCUT2D eigenvalue weighted by Gasteiger charge is 2.30. The second-order valence-corrected chi connectivity index (χ2v) is 7.29. The second-order valence-electron chi connectivity index (χ2n) is 7.29. The van der Waals surface area contributed by atoms with Crippen molar-refractivity contribution in [2.24, 2.45) is 5.92 Å². The Kier molecular flexibility index (Phi) is 5.91. The quantitative estimate of drug-likeness (QED) is 0.818. The lowest BCUT2D eigenvalue weighted by molar-refractivity contribution is -0.138. The number of hydrogen-bond acceptors (Lipinski definition) is 3. The standard InChI is InChI=1S/C20H26N2O4/c23-18(24)12-17-6-3-11-22(17)20(26)16-9-7-14(8-10-16)13-21-19(25)15-4-1-2-5-15/h7-10,15,17H,1-6,11-13H2,(H,21,25)(H,23,24)/t17-/m0/s1. The molecule has 6 nitrogen and oxygen atoms in total. The molecule has 2 fully saturated rings. The van der Waals surface area contributed by atoms with Crippen LogP contribution in [0.1, 0.15) is 60.9 Å². The van der Waals surface area contributed by atoms with E-state index in [1.54, 1.807) is 17.0 Å². The third-order valence-corrected chi connectivity index (χ3v) is 5.44. The van der Waals surface area contributed by atoms with Crippen molar-refractivity contribution in [2.45, 2.75) is 57.5 Å². The number of carboxylic acids is 1. The van der Waals surface area contributed by atoms with E-state index in [9.17, 15) is 14.4 Å². The van der Waals surface area contributed by atoms with E-state index in [1.807, 2.05) is 12.1 Å². The summed E-state index contributed by atoms with van der Waals surface area (Å²) in [6.07, 6.45) is 5.80. The van der Waals surface area contributed by atoms with Crippen LogP contribution in [0.25, 0.3) is 0 Å². The van der Waals surface area contributed by atoms with Gasteiger partial charge in [-0.25, -0.2) is 0 Å². The largest absolute Gasteiger partial charge is 0.481 e.